The van der Waals surface area contributed by atoms with Gasteiger partial charge in [0.15, 0.2) is 0 Å². The molecule has 11 nitrogen and oxygen atoms in total. The molecule has 2 saturated heterocycles. The number of nitrogens with zero attached hydrogens (tertiary/aromatic N) is 4. The summed E-state index contributed by atoms with van der Waals surface area (Å²) in [7, 11) is 0. The first-order valence-electron chi connectivity index (χ1n) is 17.6. The van der Waals surface area contributed by atoms with Crippen molar-refractivity contribution in [1.29, 1.82) is 0 Å². The van der Waals surface area contributed by atoms with Crippen LogP contribution < -0.4 is 9.47 Å². The van der Waals surface area contributed by atoms with Crippen molar-refractivity contribution in [3.8, 4) is 11.5 Å². The Labute approximate surface area is 291 Å². The van der Waals surface area contributed by atoms with Gasteiger partial charge in [-0.25, -0.2) is 9.59 Å². The Bertz CT molecular complexity index is 1450. The number of aromatic nitrogens is 2. The molecule has 0 aromatic carbocycles. The largest absolute Gasteiger partial charge is 0.490 e. The molecule has 2 aliphatic carbocycles. The predicted octanol–water partition coefficient (Wildman–Crippen LogP) is 6.72. The van der Waals surface area contributed by atoms with E-state index in [1.807, 2.05) is 66.1 Å². The zero-order chi connectivity index (χ0) is 35.3. The SMILES string of the molecule is C=C[C@H]1C[C@@H]1c1cncc(OC[C@@H]2CCN2C(=O)OC(C)(C)C)c1.CC(C)(C)OC(=O)N1CC[C@H]1COc1cncc([C@H]2C[C@@H]2CCO)c1. The maximum Gasteiger partial charge on any atom is 0.410 e. The molecule has 4 fully saturated rings. The van der Waals surface area contributed by atoms with Gasteiger partial charge >= 0.3 is 12.2 Å². The Balaban J connectivity index is 0.000000191. The van der Waals surface area contributed by atoms with Crippen LogP contribution in [0.5, 0.6) is 11.5 Å². The van der Waals surface area contributed by atoms with Crippen LogP contribution in [0.25, 0.3) is 0 Å². The van der Waals surface area contributed by atoms with Crippen LogP contribution in [0.15, 0.2) is 49.6 Å². The third kappa shape index (κ3) is 10.3. The molecule has 2 saturated carbocycles. The molecular formula is C38H54N4O7. The maximum atomic E-state index is 12.1. The van der Waals surface area contributed by atoms with Crippen LogP contribution in [-0.4, -0.2) is 93.3 Å². The van der Waals surface area contributed by atoms with Crippen molar-refractivity contribution in [2.45, 2.75) is 109 Å². The van der Waals surface area contributed by atoms with Crippen LogP contribution in [-0.2, 0) is 9.47 Å². The molecule has 0 spiro atoms. The summed E-state index contributed by atoms with van der Waals surface area (Å²) in [6.07, 6.45) is 13.7. The maximum absolute atomic E-state index is 12.1. The lowest BCUT2D eigenvalue weighted by molar-refractivity contribution is -0.0149. The first-order valence-corrected chi connectivity index (χ1v) is 17.6. The highest BCUT2D eigenvalue weighted by molar-refractivity contribution is 5.70. The van der Waals surface area contributed by atoms with Crippen molar-refractivity contribution in [2.75, 3.05) is 32.9 Å². The van der Waals surface area contributed by atoms with Crippen LogP contribution in [0.2, 0.25) is 0 Å². The topological polar surface area (TPSA) is 124 Å². The number of likely N-dealkylation sites (tertiary alicyclic amines) is 2. The van der Waals surface area contributed by atoms with Crippen molar-refractivity contribution in [1.82, 2.24) is 19.8 Å². The molecule has 2 aromatic rings. The monoisotopic (exact) mass is 678 g/mol. The summed E-state index contributed by atoms with van der Waals surface area (Å²) in [5.74, 6) is 3.65. The Hall–Kier alpha value is -3.86. The fourth-order valence-electron chi connectivity index (χ4n) is 6.17. The number of rotatable bonds is 11. The van der Waals surface area contributed by atoms with Crippen LogP contribution in [0.3, 0.4) is 0 Å². The number of carbonyl (C=O) groups excluding carboxylic acids is 2. The van der Waals surface area contributed by atoms with Gasteiger partial charge in [0.2, 0.25) is 0 Å². The molecule has 6 atom stereocenters. The molecule has 0 bridgehead atoms. The van der Waals surface area contributed by atoms with Gasteiger partial charge in [-0.3, -0.25) is 9.97 Å². The van der Waals surface area contributed by atoms with Crippen molar-refractivity contribution in [2.24, 2.45) is 11.8 Å². The minimum absolute atomic E-state index is 0.0570. The zero-order valence-corrected chi connectivity index (χ0v) is 30.0. The number of hydrogen-bond acceptors (Lipinski definition) is 9. The van der Waals surface area contributed by atoms with Crippen LogP contribution in [0.4, 0.5) is 9.59 Å². The lowest BCUT2D eigenvalue weighted by atomic mass is 10.1. The molecule has 49 heavy (non-hydrogen) atoms. The number of amides is 2. The van der Waals surface area contributed by atoms with Gasteiger partial charge in [-0.05, 0) is 121 Å². The van der Waals surface area contributed by atoms with E-state index in [-0.39, 0.29) is 30.9 Å². The van der Waals surface area contributed by atoms with Gasteiger partial charge in [0, 0.05) is 32.1 Å². The minimum Gasteiger partial charge on any atom is -0.490 e. The summed E-state index contributed by atoms with van der Waals surface area (Å²) in [4.78, 5) is 36.2. The van der Waals surface area contributed by atoms with E-state index in [4.69, 9.17) is 24.1 Å². The standard InChI is InChI=1S/C19H28N2O4.C19H26N2O3/c1-19(2,3)25-18(23)21-6-4-15(21)12-24-16-8-14(10-20-11-16)17-9-13(17)5-7-22;1-5-13-9-17(13)14-8-16(11-20-10-14)23-12-15-6-7-21(15)18(22)24-19(2,3)4/h8,10-11,13,15,17,22H,4-7,9,12H2,1-3H3;5,8,10-11,13,15,17H,1,6-7,9,12H2,2-4H3/t2*13-,15-,17-/m00/s1. The number of carbonyl (C=O) groups is 2. The normalized spacial score (nSPS) is 25.4. The molecular weight excluding hydrogens is 624 g/mol. The van der Waals surface area contributed by atoms with Crippen LogP contribution in [0, 0.1) is 11.8 Å². The molecule has 2 aliphatic heterocycles. The Morgan fingerprint density at radius 1 is 0.816 bits per heavy atom. The molecule has 0 radical (unpaired) electrons. The highest BCUT2D eigenvalue weighted by Gasteiger charge is 2.39. The van der Waals surface area contributed by atoms with Gasteiger partial charge in [-0.2, -0.15) is 0 Å². The first-order chi connectivity index (χ1) is 23.2. The number of aliphatic hydroxyl groups is 1. The van der Waals surface area contributed by atoms with E-state index in [9.17, 15) is 9.59 Å². The average Bonchev–Trinajstić information content (AvgIpc) is 3.91. The van der Waals surface area contributed by atoms with Crippen molar-refractivity contribution < 1.29 is 33.6 Å². The van der Waals surface area contributed by atoms with E-state index in [0.29, 0.717) is 43.4 Å². The fraction of sp³-hybridized carbons (Fsp3) is 0.632. The Morgan fingerprint density at radius 2 is 1.31 bits per heavy atom. The van der Waals surface area contributed by atoms with Gasteiger partial charge in [0.25, 0.3) is 0 Å². The van der Waals surface area contributed by atoms with Crippen molar-refractivity contribution in [3.63, 3.8) is 0 Å². The Kier molecular flexibility index (Phi) is 11.4. The zero-order valence-electron chi connectivity index (χ0n) is 30.0. The number of pyridine rings is 2. The third-order valence-corrected chi connectivity index (χ3v) is 9.32. The lowest BCUT2D eigenvalue weighted by Gasteiger charge is -2.41. The quantitative estimate of drug-likeness (QED) is 0.258. The predicted molar refractivity (Wildman–Crippen MR) is 186 cm³/mol. The smallest absolute Gasteiger partial charge is 0.410 e. The summed E-state index contributed by atoms with van der Waals surface area (Å²) in [6.45, 7) is 17.7. The first kappa shape index (κ1) is 36.4. The second kappa shape index (κ2) is 15.4. The van der Waals surface area contributed by atoms with Gasteiger partial charge in [0.05, 0.1) is 24.5 Å². The molecule has 268 valence electrons. The van der Waals surface area contributed by atoms with E-state index in [2.05, 4.69) is 22.6 Å². The molecule has 6 rings (SSSR count). The summed E-state index contributed by atoms with van der Waals surface area (Å²) in [5.41, 5.74) is 1.43. The van der Waals surface area contributed by atoms with E-state index >= 15 is 0 Å². The number of hydrogen-bond donors (Lipinski definition) is 1. The second-order valence-electron chi connectivity index (χ2n) is 15.6. The number of allylic oxidation sites excluding steroid dienone is 1. The summed E-state index contributed by atoms with van der Waals surface area (Å²) in [5, 5.41) is 9.03. The third-order valence-electron chi connectivity index (χ3n) is 9.32. The summed E-state index contributed by atoms with van der Waals surface area (Å²) >= 11 is 0. The lowest BCUT2D eigenvalue weighted by Crippen LogP contribution is -2.55. The molecule has 0 unspecified atom stereocenters. The molecule has 4 aliphatic rings. The van der Waals surface area contributed by atoms with Crippen LogP contribution >= 0.6 is 0 Å². The van der Waals surface area contributed by atoms with Crippen LogP contribution in [0.1, 0.15) is 96.6 Å². The van der Waals surface area contributed by atoms with Gasteiger partial charge in [-0.15, -0.1) is 6.58 Å². The minimum atomic E-state index is -0.480. The number of ether oxygens (including phenoxy) is 4. The molecule has 4 heterocycles. The molecule has 11 heteroatoms. The van der Waals surface area contributed by atoms with E-state index in [1.54, 1.807) is 22.2 Å². The van der Waals surface area contributed by atoms with E-state index in [0.717, 1.165) is 50.1 Å². The number of aliphatic hydroxyl groups excluding tert-OH is 1. The summed E-state index contributed by atoms with van der Waals surface area (Å²) < 4.78 is 22.6. The Morgan fingerprint density at radius 3 is 1.69 bits per heavy atom. The van der Waals surface area contributed by atoms with Gasteiger partial charge < -0.3 is 33.9 Å². The fourth-order valence-corrected chi connectivity index (χ4v) is 6.17. The molecule has 2 aromatic heterocycles. The highest BCUT2D eigenvalue weighted by atomic mass is 16.6. The average molecular weight is 679 g/mol. The second-order valence-corrected chi connectivity index (χ2v) is 15.6. The van der Waals surface area contributed by atoms with Gasteiger partial charge in [0.1, 0.15) is 35.9 Å². The van der Waals surface area contributed by atoms with E-state index < -0.39 is 11.2 Å². The van der Waals surface area contributed by atoms with Gasteiger partial charge in [-0.1, -0.05) is 6.08 Å². The highest BCUT2D eigenvalue weighted by Crippen LogP contribution is 2.50. The van der Waals surface area contributed by atoms with E-state index in [1.165, 1.54) is 11.1 Å². The molecule has 2 amide bonds. The van der Waals surface area contributed by atoms with Crippen molar-refractivity contribution >= 4 is 12.2 Å². The van der Waals surface area contributed by atoms with Crippen molar-refractivity contribution in [3.05, 3.63) is 60.7 Å². The molecule has 1 N–H and O–H groups in total. The summed E-state index contributed by atoms with van der Waals surface area (Å²) in [6, 6.07) is 4.22.